The maximum Gasteiger partial charge on any atom is 0.338 e. The van der Waals surface area contributed by atoms with Crippen LogP contribution in [0.4, 0.5) is 4.39 Å². The minimum Gasteiger partial charge on any atom is -0.462 e. The highest BCUT2D eigenvalue weighted by Gasteiger charge is 2.06. The zero-order chi connectivity index (χ0) is 18.1. The lowest BCUT2D eigenvalue weighted by atomic mass is 10.1. The number of carbonyl (C=O) groups excluding carboxylic acids is 1. The first-order valence-corrected chi connectivity index (χ1v) is 8.08. The fourth-order valence-electron chi connectivity index (χ4n) is 2.20. The summed E-state index contributed by atoms with van der Waals surface area (Å²) >= 11 is 0. The molecular formula is C19H22FN3O2. The van der Waals surface area contributed by atoms with Crippen LogP contribution in [0.5, 0.6) is 0 Å². The Morgan fingerprint density at radius 2 is 1.76 bits per heavy atom. The molecule has 0 saturated carbocycles. The molecule has 0 heterocycles. The van der Waals surface area contributed by atoms with Crippen LogP contribution in [0.25, 0.3) is 0 Å². The van der Waals surface area contributed by atoms with Crippen molar-refractivity contribution in [2.45, 2.75) is 20.0 Å². The summed E-state index contributed by atoms with van der Waals surface area (Å²) in [6.07, 6.45) is 0. The van der Waals surface area contributed by atoms with E-state index in [0.717, 1.165) is 5.56 Å². The minimum atomic E-state index is -0.329. The predicted molar refractivity (Wildman–Crippen MR) is 95.8 cm³/mol. The number of aliphatic imine (C=N–C) groups is 1. The van der Waals surface area contributed by atoms with Gasteiger partial charge in [-0.05, 0) is 30.7 Å². The van der Waals surface area contributed by atoms with Gasteiger partial charge in [0.15, 0.2) is 5.96 Å². The summed E-state index contributed by atoms with van der Waals surface area (Å²) in [5.41, 5.74) is 2.08. The zero-order valence-corrected chi connectivity index (χ0v) is 14.4. The second-order valence-corrected chi connectivity index (χ2v) is 5.29. The maximum atomic E-state index is 13.6. The van der Waals surface area contributed by atoms with Gasteiger partial charge in [-0.25, -0.2) is 9.18 Å². The summed E-state index contributed by atoms with van der Waals surface area (Å²) < 4.78 is 18.6. The average molecular weight is 343 g/mol. The molecule has 0 aliphatic heterocycles. The standard InChI is InChI=1S/C19H22FN3O2/c1-3-25-18(24)15-10-8-14(9-11-15)12-22-19(21-2)23-13-16-6-4-5-7-17(16)20/h4-11H,3,12-13H2,1-2H3,(H2,21,22,23). The van der Waals surface area contributed by atoms with Crippen molar-refractivity contribution in [1.82, 2.24) is 10.6 Å². The highest BCUT2D eigenvalue weighted by Crippen LogP contribution is 2.07. The van der Waals surface area contributed by atoms with Gasteiger partial charge in [-0.3, -0.25) is 4.99 Å². The lowest BCUT2D eigenvalue weighted by molar-refractivity contribution is 0.0526. The summed E-state index contributed by atoms with van der Waals surface area (Å²) in [6.45, 7) is 3.00. The van der Waals surface area contributed by atoms with Gasteiger partial charge in [0.2, 0.25) is 0 Å². The van der Waals surface area contributed by atoms with Crippen molar-refractivity contribution in [1.29, 1.82) is 0 Å². The van der Waals surface area contributed by atoms with E-state index in [0.29, 0.717) is 36.8 Å². The quantitative estimate of drug-likeness (QED) is 0.481. The van der Waals surface area contributed by atoms with Gasteiger partial charge in [0.25, 0.3) is 0 Å². The SMILES string of the molecule is CCOC(=O)c1ccc(CNC(=NC)NCc2ccccc2F)cc1. The van der Waals surface area contributed by atoms with E-state index in [1.165, 1.54) is 6.07 Å². The number of benzene rings is 2. The number of nitrogens with zero attached hydrogens (tertiary/aromatic N) is 1. The third-order valence-electron chi connectivity index (χ3n) is 3.55. The van der Waals surface area contributed by atoms with Crippen molar-refractivity contribution in [3.05, 3.63) is 71.0 Å². The van der Waals surface area contributed by atoms with Crippen LogP contribution in [-0.2, 0) is 17.8 Å². The van der Waals surface area contributed by atoms with Crippen LogP contribution in [0.2, 0.25) is 0 Å². The van der Waals surface area contributed by atoms with Gasteiger partial charge in [0, 0.05) is 25.7 Å². The molecule has 6 heteroatoms. The third-order valence-corrected chi connectivity index (χ3v) is 3.55. The molecule has 2 rings (SSSR count). The number of carbonyl (C=O) groups is 1. The van der Waals surface area contributed by atoms with Gasteiger partial charge in [0.1, 0.15) is 5.82 Å². The third kappa shape index (κ3) is 5.60. The maximum absolute atomic E-state index is 13.6. The van der Waals surface area contributed by atoms with Crippen LogP contribution in [0.15, 0.2) is 53.5 Å². The topological polar surface area (TPSA) is 62.7 Å². The van der Waals surface area contributed by atoms with E-state index >= 15 is 0 Å². The monoisotopic (exact) mass is 343 g/mol. The number of guanidine groups is 1. The van der Waals surface area contributed by atoms with Crippen LogP contribution in [0.1, 0.15) is 28.4 Å². The van der Waals surface area contributed by atoms with E-state index in [2.05, 4.69) is 15.6 Å². The Kier molecular flexibility index (Phi) is 6.95. The molecule has 132 valence electrons. The number of ether oxygens (including phenoxy) is 1. The van der Waals surface area contributed by atoms with Gasteiger partial charge in [0.05, 0.1) is 12.2 Å². The molecule has 0 saturated heterocycles. The van der Waals surface area contributed by atoms with Crippen molar-refractivity contribution in [2.75, 3.05) is 13.7 Å². The molecule has 0 amide bonds. The van der Waals surface area contributed by atoms with E-state index < -0.39 is 0 Å². The van der Waals surface area contributed by atoms with Crippen molar-refractivity contribution >= 4 is 11.9 Å². The van der Waals surface area contributed by atoms with E-state index in [-0.39, 0.29) is 11.8 Å². The summed E-state index contributed by atoms with van der Waals surface area (Å²) in [5, 5.41) is 6.22. The molecule has 2 aromatic carbocycles. The lowest BCUT2D eigenvalue weighted by Crippen LogP contribution is -2.36. The van der Waals surface area contributed by atoms with E-state index in [9.17, 15) is 9.18 Å². The van der Waals surface area contributed by atoms with Gasteiger partial charge in [-0.15, -0.1) is 0 Å². The fraction of sp³-hybridized carbons (Fsp3) is 0.263. The van der Waals surface area contributed by atoms with Crippen LogP contribution in [0.3, 0.4) is 0 Å². The molecule has 0 unspecified atom stereocenters. The molecule has 0 atom stereocenters. The second kappa shape index (κ2) is 9.42. The van der Waals surface area contributed by atoms with Gasteiger partial charge < -0.3 is 15.4 Å². The molecule has 2 N–H and O–H groups in total. The largest absolute Gasteiger partial charge is 0.462 e. The van der Waals surface area contributed by atoms with E-state index in [1.54, 1.807) is 44.3 Å². The molecule has 0 spiro atoms. The number of rotatable bonds is 6. The van der Waals surface area contributed by atoms with Crippen molar-refractivity contribution in [2.24, 2.45) is 4.99 Å². The average Bonchev–Trinajstić information content (AvgIpc) is 2.64. The highest BCUT2D eigenvalue weighted by molar-refractivity contribution is 5.89. The Balaban J connectivity index is 1.86. The van der Waals surface area contributed by atoms with E-state index in [4.69, 9.17) is 4.74 Å². The molecule has 0 bridgehead atoms. The number of halogens is 1. The Labute approximate surface area is 146 Å². The lowest BCUT2D eigenvalue weighted by Gasteiger charge is -2.12. The smallest absolute Gasteiger partial charge is 0.338 e. The molecule has 25 heavy (non-hydrogen) atoms. The zero-order valence-electron chi connectivity index (χ0n) is 14.4. The molecular weight excluding hydrogens is 321 g/mol. The molecule has 0 aromatic heterocycles. The van der Waals surface area contributed by atoms with E-state index in [1.807, 2.05) is 12.1 Å². The number of hydrogen-bond donors (Lipinski definition) is 2. The van der Waals surface area contributed by atoms with Gasteiger partial charge >= 0.3 is 5.97 Å². The summed E-state index contributed by atoms with van der Waals surface area (Å²) in [7, 11) is 1.65. The van der Waals surface area contributed by atoms with Crippen LogP contribution in [0, 0.1) is 5.82 Å². The van der Waals surface area contributed by atoms with Gasteiger partial charge in [-0.1, -0.05) is 30.3 Å². The summed E-state index contributed by atoms with van der Waals surface area (Å²) in [5.74, 6) is -0.0119. The molecule has 0 fully saturated rings. The molecule has 0 aliphatic carbocycles. The Morgan fingerprint density at radius 1 is 1.08 bits per heavy atom. The Bertz CT molecular complexity index is 730. The molecule has 2 aromatic rings. The summed E-state index contributed by atoms with van der Waals surface area (Å²) in [6, 6.07) is 13.8. The Morgan fingerprint density at radius 3 is 2.40 bits per heavy atom. The first-order chi connectivity index (χ1) is 12.1. The number of esters is 1. The number of hydrogen-bond acceptors (Lipinski definition) is 3. The molecule has 0 aliphatic rings. The van der Waals surface area contributed by atoms with Crippen molar-refractivity contribution in [3.8, 4) is 0 Å². The van der Waals surface area contributed by atoms with Crippen LogP contribution < -0.4 is 10.6 Å². The fourth-order valence-corrected chi connectivity index (χ4v) is 2.20. The number of nitrogens with one attached hydrogen (secondary N) is 2. The predicted octanol–water partition coefficient (Wildman–Crippen LogP) is 2.87. The van der Waals surface area contributed by atoms with Crippen molar-refractivity contribution in [3.63, 3.8) is 0 Å². The molecule has 0 radical (unpaired) electrons. The van der Waals surface area contributed by atoms with Crippen LogP contribution in [-0.4, -0.2) is 25.6 Å². The first-order valence-electron chi connectivity index (χ1n) is 8.08. The molecule has 5 nitrogen and oxygen atoms in total. The Hall–Kier alpha value is -2.89. The summed E-state index contributed by atoms with van der Waals surface area (Å²) in [4.78, 5) is 15.7. The van der Waals surface area contributed by atoms with Crippen LogP contribution >= 0.6 is 0 Å². The van der Waals surface area contributed by atoms with Gasteiger partial charge in [-0.2, -0.15) is 0 Å². The normalized spacial score (nSPS) is 11.1. The van der Waals surface area contributed by atoms with Crippen molar-refractivity contribution < 1.29 is 13.9 Å². The minimum absolute atomic E-state index is 0.250. The highest BCUT2D eigenvalue weighted by atomic mass is 19.1. The first kappa shape index (κ1) is 18.4. The second-order valence-electron chi connectivity index (χ2n) is 5.29.